The van der Waals surface area contributed by atoms with E-state index in [0.717, 1.165) is 6.42 Å². The number of ether oxygens (including phenoxy) is 1. The number of amides is 1. The van der Waals surface area contributed by atoms with Crippen molar-refractivity contribution in [3.05, 3.63) is 24.3 Å². The zero-order valence-electron chi connectivity index (χ0n) is 12.9. The summed E-state index contributed by atoms with van der Waals surface area (Å²) in [6.45, 7) is 3.08. The van der Waals surface area contributed by atoms with Gasteiger partial charge in [-0.2, -0.15) is 4.31 Å². The van der Waals surface area contributed by atoms with Gasteiger partial charge >= 0.3 is 0 Å². The fraction of sp³-hybridized carbons (Fsp3) is 0.533. The molecule has 1 amide bonds. The molecule has 0 radical (unpaired) electrons. The number of rotatable bonds is 5. The Morgan fingerprint density at radius 2 is 2.05 bits per heavy atom. The summed E-state index contributed by atoms with van der Waals surface area (Å²) in [6, 6.07) is 6.39. The van der Waals surface area contributed by atoms with Crippen LogP contribution in [-0.2, 0) is 14.8 Å². The zero-order valence-corrected chi connectivity index (χ0v) is 13.7. The highest BCUT2D eigenvalue weighted by Gasteiger charge is 2.32. The highest BCUT2D eigenvalue weighted by Crippen LogP contribution is 2.25. The normalized spacial score (nSPS) is 19.6. The van der Waals surface area contributed by atoms with Crippen LogP contribution in [0.25, 0.3) is 0 Å². The summed E-state index contributed by atoms with van der Waals surface area (Å²) in [6.07, 6.45) is 1.41. The van der Waals surface area contributed by atoms with Crippen molar-refractivity contribution in [2.75, 3.05) is 26.7 Å². The smallest absolute Gasteiger partial charge is 0.243 e. The van der Waals surface area contributed by atoms with E-state index in [4.69, 9.17) is 4.74 Å². The second-order valence-corrected chi connectivity index (χ2v) is 7.16. The Labute approximate surface area is 131 Å². The van der Waals surface area contributed by atoms with E-state index in [-0.39, 0.29) is 23.3 Å². The van der Waals surface area contributed by atoms with E-state index in [0.29, 0.717) is 25.3 Å². The zero-order chi connectivity index (χ0) is 16.2. The Bertz CT molecular complexity index is 613. The Hall–Kier alpha value is -1.60. The first-order chi connectivity index (χ1) is 10.5. The fourth-order valence-electron chi connectivity index (χ4n) is 2.60. The Kier molecular flexibility index (Phi) is 5.42. The Morgan fingerprint density at radius 3 is 2.64 bits per heavy atom. The second kappa shape index (κ2) is 7.11. The summed E-state index contributed by atoms with van der Waals surface area (Å²) in [4.78, 5) is 12.0. The third-order valence-electron chi connectivity index (χ3n) is 3.77. The third-order valence-corrected chi connectivity index (χ3v) is 5.65. The molecular weight excluding hydrogens is 304 g/mol. The molecule has 6 nitrogen and oxygen atoms in total. The SMILES string of the molecule is CCOc1ccc(S(=O)(=O)N2CCC[C@@H](C(=O)NC)C2)cc1. The molecular formula is C15H22N2O4S. The number of nitrogens with one attached hydrogen (secondary N) is 1. The molecule has 0 saturated carbocycles. The van der Waals surface area contributed by atoms with Gasteiger partial charge in [-0.1, -0.05) is 0 Å². The second-order valence-electron chi connectivity index (χ2n) is 5.22. The van der Waals surface area contributed by atoms with Gasteiger partial charge in [0.25, 0.3) is 0 Å². The average molecular weight is 326 g/mol. The number of hydrogen-bond acceptors (Lipinski definition) is 4. The molecule has 0 bridgehead atoms. The summed E-state index contributed by atoms with van der Waals surface area (Å²) in [5.74, 6) is 0.256. The van der Waals surface area contributed by atoms with Crippen molar-refractivity contribution < 1.29 is 17.9 Å². The highest BCUT2D eigenvalue weighted by atomic mass is 32.2. The van der Waals surface area contributed by atoms with E-state index in [1.54, 1.807) is 31.3 Å². The van der Waals surface area contributed by atoms with Crippen LogP contribution in [0.5, 0.6) is 5.75 Å². The van der Waals surface area contributed by atoms with Crippen molar-refractivity contribution in [2.24, 2.45) is 5.92 Å². The van der Waals surface area contributed by atoms with Crippen LogP contribution in [0.3, 0.4) is 0 Å². The number of carbonyl (C=O) groups excluding carboxylic acids is 1. The number of hydrogen-bond donors (Lipinski definition) is 1. The van der Waals surface area contributed by atoms with Crippen molar-refractivity contribution in [1.29, 1.82) is 0 Å². The molecule has 122 valence electrons. The van der Waals surface area contributed by atoms with E-state index >= 15 is 0 Å². The maximum atomic E-state index is 12.7. The van der Waals surface area contributed by atoms with Crippen LogP contribution in [0.15, 0.2) is 29.2 Å². The number of sulfonamides is 1. The van der Waals surface area contributed by atoms with Crippen LogP contribution in [0.2, 0.25) is 0 Å². The molecule has 0 aliphatic carbocycles. The minimum atomic E-state index is -3.57. The predicted molar refractivity (Wildman–Crippen MR) is 83.2 cm³/mol. The molecule has 0 aromatic heterocycles. The van der Waals surface area contributed by atoms with Crippen LogP contribution < -0.4 is 10.1 Å². The van der Waals surface area contributed by atoms with Gasteiger partial charge in [0.05, 0.1) is 17.4 Å². The molecule has 1 N–H and O–H groups in total. The summed E-state index contributed by atoms with van der Waals surface area (Å²) >= 11 is 0. The molecule has 1 aromatic rings. The largest absolute Gasteiger partial charge is 0.494 e. The van der Waals surface area contributed by atoms with Gasteiger partial charge in [-0.15, -0.1) is 0 Å². The number of piperidine rings is 1. The molecule has 7 heteroatoms. The van der Waals surface area contributed by atoms with Gasteiger partial charge in [-0.05, 0) is 44.0 Å². The van der Waals surface area contributed by atoms with Crippen LogP contribution in [0.4, 0.5) is 0 Å². The lowest BCUT2D eigenvalue weighted by molar-refractivity contribution is -0.125. The molecule has 0 unspecified atom stereocenters. The van der Waals surface area contributed by atoms with Crippen molar-refractivity contribution in [3.63, 3.8) is 0 Å². The monoisotopic (exact) mass is 326 g/mol. The Balaban J connectivity index is 2.16. The molecule has 1 aliphatic heterocycles. The summed E-state index contributed by atoms with van der Waals surface area (Å²) in [5.41, 5.74) is 0. The average Bonchev–Trinajstić information content (AvgIpc) is 2.55. The van der Waals surface area contributed by atoms with E-state index in [2.05, 4.69) is 5.32 Å². The standard InChI is InChI=1S/C15H22N2O4S/c1-3-21-13-6-8-14(9-7-13)22(19,20)17-10-4-5-12(11-17)15(18)16-2/h6-9,12H,3-5,10-11H2,1-2H3,(H,16,18)/t12-/m1/s1. The lowest BCUT2D eigenvalue weighted by Crippen LogP contribution is -2.44. The fourth-order valence-corrected chi connectivity index (χ4v) is 4.13. The minimum Gasteiger partial charge on any atom is -0.494 e. The molecule has 1 aliphatic rings. The topological polar surface area (TPSA) is 75.7 Å². The molecule has 1 aromatic carbocycles. The van der Waals surface area contributed by atoms with Crippen LogP contribution in [-0.4, -0.2) is 45.4 Å². The van der Waals surface area contributed by atoms with Gasteiger partial charge in [0.2, 0.25) is 15.9 Å². The molecule has 1 atom stereocenters. The van der Waals surface area contributed by atoms with Gasteiger partial charge in [0.1, 0.15) is 5.75 Å². The van der Waals surface area contributed by atoms with Crippen LogP contribution in [0, 0.1) is 5.92 Å². The van der Waals surface area contributed by atoms with Gasteiger partial charge in [0.15, 0.2) is 0 Å². The summed E-state index contributed by atoms with van der Waals surface area (Å²) in [7, 11) is -2.00. The van der Waals surface area contributed by atoms with Crippen molar-refractivity contribution in [1.82, 2.24) is 9.62 Å². The highest BCUT2D eigenvalue weighted by molar-refractivity contribution is 7.89. The first kappa shape index (κ1) is 16.8. The van der Waals surface area contributed by atoms with Crippen LogP contribution in [0.1, 0.15) is 19.8 Å². The van der Waals surface area contributed by atoms with Crippen molar-refractivity contribution >= 4 is 15.9 Å². The van der Waals surface area contributed by atoms with Crippen LogP contribution >= 0.6 is 0 Å². The van der Waals surface area contributed by atoms with Gasteiger partial charge in [0, 0.05) is 20.1 Å². The van der Waals surface area contributed by atoms with E-state index in [1.165, 1.54) is 4.31 Å². The first-order valence-electron chi connectivity index (χ1n) is 7.43. The van der Waals surface area contributed by atoms with Crippen molar-refractivity contribution in [3.8, 4) is 5.75 Å². The summed E-state index contributed by atoms with van der Waals surface area (Å²) < 4.78 is 32.0. The Morgan fingerprint density at radius 1 is 1.36 bits per heavy atom. The predicted octanol–water partition coefficient (Wildman–Crippen LogP) is 1.23. The quantitative estimate of drug-likeness (QED) is 0.883. The number of nitrogens with zero attached hydrogens (tertiary/aromatic N) is 1. The van der Waals surface area contributed by atoms with E-state index in [9.17, 15) is 13.2 Å². The first-order valence-corrected chi connectivity index (χ1v) is 8.87. The van der Waals surface area contributed by atoms with Gasteiger partial charge in [-0.3, -0.25) is 4.79 Å². The van der Waals surface area contributed by atoms with Crippen molar-refractivity contribution in [2.45, 2.75) is 24.7 Å². The lowest BCUT2D eigenvalue weighted by atomic mass is 9.99. The molecule has 22 heavy (non-hydrogen) atoms. The third kappa shape index (κ3) is 3.59. The summed E-state index contributed by atoms with van der Waals surface area (Å²) in [5, 5.41) is 2.59. The van der Waals surface area contributed by atoms with Gasteiger partial charge < -0.3 is 10.1 Å². The van der Waals surface area contributed by atoms with Gasteiger partial charge in [-0.25, -0.2) is 8.42 Å². The molecule has 1 saturated heterocycles. The van der Waals surface area contributed by atoms with E-state index < -0.39 is 10.0 Å². The number of benzene rings is 1. The lowest BCUT2D eigenvalue weighted by Gasteiger charge is -2.31. The molecule has 1 fully saturated rings. The minimum absolute atomic E-state index is 0.105. The maximum absolute atomic E-state index is 12.7. The number of carbonyl (C=O) groups is 1. The van der Waals surface area contributed by atoms with E-state index in [1.807, 2.05) is 6.92 Å². The molecule has 0 spiro atoms. The molecule has 2 rings (SSSR count). The molecule has 1 heterocycles. The maximum Gasteiger partial charge on any atom is 0.243 e.